The molecule has 1 fully saturated rings. The van der Waals surface area contributed by atoms with E-state index in [1.165, 1.54) is 6.07 Å². The number of amides is 1. The lowest BCUT2D eigenvalue weighted by atomic mass is 10.2. The van der Waals surface area contributed by atoms with Crippen molar-refractivity contribution in [3.05, 3.63) is 62.7 Å². The second kappa shape index (κ2) is 7.21. The summed E-state index contributed by atoms with van der Waals surface area (Å²) in [7, 11) is 0. The Balaban J connectivity index is 1.37. The number of nitrogens with one attached hydrogen (secondary N) is 3. The molecule has 8 nitrogen and oxygen atoms in total. The lowest BCUT2D eigenvalue weighted by Crippen LogP contribution is -2.17. The number of H-pyrrole nitrogens is 2. The highest BCUT2D eigenvalue weighted by Gasteiger charge is 2.24. The number of anilines is 1. The zero-order valence-electron chi connectivity index (χ0n) is 15.6. The van der Waals surface area contributed by atoms with Crippen LogP contribution in [0.2, 0.25) is 0 Å². The quantitative estimate of drug-likeness (QED) is 0.413. The molecule has 1 saturated carbocycles. The molecule has 1 amide bonds. The average Bonchev–Trinajstić information content (AvgIpc) is 3.33. The van der Waals surface area contributed by atoms with Gasteiger partial charge in [0.2, 0.25) is 5.95 Å². The lowest BCUT2D eigenvalue weighted by Gasteiger charge is -2.03. The molecule has 1 aliphatic rings. The van der Waals surface area contributed by atoms with Gasteiger partial charge in [0.1, 0.15) is 5.82 Å². The molecule has 10 heteroatoms. The molecule has 3 N–H and O–H groups in total. The van der Waals surface area contributed by atoms with E-state index in [2.05, 4.69) is 41.4 Å². The summed E-state index contributed by atoms with van der Waals surface area (Å²) in [6.45, 7) is 0.691. The van der Waals surface area contributed by atoms with Crippen molar-refractivity contribution in [1.29, 1.82) is 0 Å². The molecule has 0 spiro atoms. The predicted octanol–water partition coefficient (Wildman–Crippen LogP) is 3.68. The third kappa shape index (κ3) is 3.54. The molecule has 2 heterocycles. The molecule has 4 aromatic rings. The van der Waals surface area contributed by atoms with Crippen molar-refractivity contribution in [2.45, 2.75) is 19.4 Å². The first-order chi connectivity index (χ1) is 14.5. The molecule has 152 valence electrons. The molecule has 2 aromatic carbocycles. The Kier molecular flexibility index (Phi) is 4.50. The molecule has 2 aromatic heterocycles. The molecule has 0 aliphatic heterocycles. The van der Waals surface area contributed by atoms with Crippen LogP contribution < -0.4 is 11.0 Å². The minimum atomic E-state index is -0.469. The normalized spacial score (nSPS) is 13.7. The summed E-state index contributed by atoms with van der Waals surface area (Å²) < 4.78 is 16.4. The summed E-state index contributed by atoms with van der Waals surface area (Å²) in [6.07, 6.45) is 2.28. The van der Waals surface area contributed by atoms with E-state index in [1.807, 2.05) is 0 Å². The van der Waals surface area contributed by atoms with Gasteiger partial charge in [-0.2, -0.15) is 4.98 Å². The molecule has 0 radical (unpaired) electrons. The van der Waals surface area contributed by atoms with Gasteiger partial charge < -0.3 is 4.98 Å². The highest BCUT2D eigenvalue weighted by molar-refractivity contribution is 9.10. The SMILES string of the molecule is O=C(Nc1n[nH]c(-c2ccc(Br)cc2F)n1)c1ccc2c(c1)[nH]c(=O)n2CC1CC1. The maximum Gasteiger partial charge on any atom is 0.326 e. The number of aromatic nitrogens is 5. The number of halogens is 2. The molecular formula is C20H16BrFN6O2. The van der Waals surface area contributed by atoms with Gasteiger partial charge >= 0.3 is 5.69 Å². The summed E-state index contributed by atoms with van der Waals surface area (Å²) in [4.78, 5) is 31.8. The van der Waals surface area contributed by atoms with Crippen LogP contribution in [0.15, 0.2) is 45.7 Å². The minimum Gasteiger partial charge on any atom is -0.306 e. The zero-order valence-corrected chi connectivity index (χ0v) is 17.2. The molecule has 0 saturated heterocycles. The molecular weight excluding hydrogens is 455 g/mol. The Morgan fingerprint density at radius 2 is 2.10 bits per heavy atom. The maximum atomic E-state index is 14.1. The standard InChI is InChI=1S/C20H16BrFN6O2/c21-12-4-5-13(14(22)8-12)17-24-19(27-26-17)25-18(29)11-3-6-16-15(7-11)23-20(30)28(16)9-10-1-2-10/h3-8,10H,1-2,9H2,(H,23,30)(H2,24,25,26,27,29). The number of rotatable bonds is 5. The van der Waals surface area contributed by atoms with Crippen molar-refractivity contribution < 1.29 is 9.18 Å². The van der Waals surface area contributed by atoms with Crippen molar-refractivity contribution in [1.82, 2.24) is 24.7 Å². The number of hydrogen-bond acceptors (Lipinski definition) is 4. The van der Waals surface area contributed by atoms with E-state index in [0.717, 1.165) is 18.4 Å². The Morgan fingerprint density at radius 3 is 2.87 bits per heavy atom. The van der Waals surface area contributed by atoms with Gasteiger partial charge in [-0.3, -0.25) is 19.8 Å². The highest BCUT2D eigenvalue weighted by atomic mass is 79.9. The smallest absolute Gasteiger partial charge is 0.306 e. The topological polar surface area (TPSA) is 108 Å². The van der Waals surface area contributed by atoms with Crippen molar-refractivity contribution in [2.24, 2.45) is 5.92 Å². The van der Waals surface area contributed by atoms with E-state index in [0.29, 0.717) is 28.0 Å². The van der Waals surface area contributed by atoms with Crippen LogP contribution in [0.25, 0.3) is 22.4 Å². The van der Waals surface area contributed by atoms with Crippen LogP contribution in [0.3, 0.4) is 0 Å². The third-order valence-electron chi connectivity index (χ3n) is 5.07. The molecule has 5 rings (SSSR count). The number of imidazole rings is 1. The molecule has 0 unspecified atom stereocenters. The van der Waals surface area contributed by atoms with Gasteiger partial charge in [-0.25, -0.2) is 9.18 Å². The van der Waals surface area contributed by atoms with Crippen LogP contribution in [0.4, 0.5) is 10.3 Å². The van der Waals surface area contributed by atoms with E-state index >= 15 is 0 Å². The number of benzene rings is 2. The van der Waals surface area contributed by atoms with Crippen LogP contribution in [-0.2, 0) is 6.54 Å². The fourth-order valence-electron chi connectivity index (χ4n) is 3.34. The predicted molar refractivity (Wildman–Crippen MR) is 113 cm³/mol. The second-order valence-electron chi connectivity index (χ2n) is 7.30. The number of hydrogen-bond donors (Lipinski definition) is 3. The maximum absolute atomic E-state index is 14.1. The Bertz CT molecular complexity index is 1340. The summed E-state index contributed by atoms with van der Waals surface area (Å²) in [5.41, 5.74) is 1.78. The molecule has 1 aliphatic carbocycles. The lowest BCUT2D eigenvalue weighted by molar-refractivity contribution is 0.102. The largest absolute Gasteiger partial charge is 0.326 e. The zero-order chi connectivity index (χ0) is 20.8. The fourth-order valence-corrected chi connectivity index (χ4v) is 3.67. The van der Waals surface area contributed by atoms with Gasteiger partial charge in [-0.15, -0.1) is 5.10 Å². The summed E-state index contributed by atoms with van der Waals surface area (Å²) in [5.74, 6) is -0.123. The number of aromatic amines is 2. The highest BCUT2D eigenvalue weighted by Crippen LogP contribution is 2.31. The fraction of sp³-hybridized carbons (Fsp3) is 0.200. The van der Waals surface area contributed by atoms with E-state index in [4.69, 9.17) is 0 Å². The van der Waals surface area contributed by atoms with Crippen molar-refractivity contribution in [3.63, 3.8) is 0 Å². The number of carbonyl (C=O) groups excluding carboxylic acids is 1. The van der Waals surface area contributed by atoms with Gasteiger partial charge in [0.15, 0.2) is 5.82 Å². The second-order valence-corrected chi connectivity index (χ2v) is 8.22. The van der Waals surface area contributed by atoms with Gasteiger partial charge in [-0.1, -0.05) is 15.9 Å². The Morgan fingerprint density at radius 1 is 1.27 bits per heavy atom. The van der Waals surface area contributed by atoms with E-state index in [9.17, 15) is 14.0 Å². The number of carbonyl (C=O) groups is 1. The number of nitrogens with zero attached hydrogens (tertiary/aromatic N) is 3. The van der Waals surface area contributed by atoms with Gasteiger partial charge in [0.25, 0.3) is 5.91 Å². The Labute approximate surface area is 177 Å². The van der Waals surface area contributed by atoms with Crippen LogP contribution >= 0.6 is 15.9 Å². The van der Waals surface area contributed by atoms with Crippen molar-refractivity contribution in [2.75, 3.05) is 5.32 Å². The summed E-state index contributed by atoms with van der Waals surface area (Å²) in [5, 5.41) is 9.14. The van der Waals surface area contributed by atoms with Crippen molar-refractivity contribution >= 4 is 38.8 Å². The molecule has 30 heavy (non-hydrogen) atoms. The summed E-state index contributed by atoms with van der Waals surface area (Å²) >= 11 is 3.20. The first-order valence-corrected chi connectivity index (χ1v) is 10.2. The van der Waals surface area contributed by atoms with Crippen LogP contribution in [0.5, 0.6) is 0 Å². The van der Waals surface area contributed by atoms with E-state index in [-0.39, 0.29) is 23.0 Å². The molecule has 0 bridgehead atoms. The first kappa shape index (κ1) is 18.7. The third-order valence-corrected chi connectivity index (χ3v) is 5.56. The Hall–Kier alpha value is -3.27. The summed E-state index contributed by atoms with van der Waals surface area (Å²) in [6, 6.07) is 9.59. The van der Waals surface area contributed by atoms with Gasteiger partial charge in [0, 0.05) is 16.6 Å². The van der Waals surface area contributed by atoms with E-state index < -0.39 is 11.7 Å². The monoisotopic (exact) mass is 470 g/mol. The first-order valence-electron chi connectivity index (χ1n) is 9.39. The van der Waals surface area contributed by atoms with Crippen LogP contribution in [0, 0.1) is 11.7 Å². The van der Waals surface area contributed by atoms with Crippen molar-refractivity contribution in [3.8, 4) is 11.4 Å². The minimum absolute atomic E-state index is 0.0252. The average molecular weight is 471 g/mol. The van der Waals surface area contributed by atoms with Gasteiger partial charge in [0.05, 0.1) is 16.6 Å². The van der Waals surface area contributed by atoms with Crippen LogP contribution in [0.1, 0.15) is 23.2 Å². The molecule has 0 atom stereocenters. The number of fused-ring (bicyclic) bond motifs is 1. The van der Waals surface area contributed by atoms with Crippen LogP contribution in [-0.4, -0.2) is 30.6 Å². The van der Waals surface area contributed by atoms with Gasteiger partial charge in [-0.05, 0) is 55.2 Å². The van der Waals surface area contributed by atoms with E-state index in [1.54, 1.807) is 34.9 Å².